The van der Waals surface area contributed by atoms with Crippen molar-refractivity contribution in [1.82, 2.24) is 10.3 Å². The van der Waals surface area contributed by atoms with Gasteiger partial charge in [0, 0.05) is 5.38 Å². The molecule has 2 N–H and O–H groups in total. The highest BCUT2D eigenvalue weighted by molar-refractivity contribution is 7.09. The van der Waals surface area contributed by atoms with Crippen LogP contribution in [0, 0.1) is 6.92 Å². The second kappa shape index (κ2) is 7.35. The maximum absolute atomic E-state index is 13.1. The summed E-state index contributed by atoms with van der Waals surface area (Å²) in [5, 5.41) is 14.1. The van der Waals surface area contributed by atoms with Gasteiger partial charge in [-0.2, -0.15) is 0 Å². The minimum absolute atomic E-state index is 0.0184. The van der Waals surface area contributed by atoms with E-state index in [0.717, 1.165) is 43.2 Å². The van der Waals surface area contributed by atoms with Crippen LogP contribution < -0.4 is 5.32 Å². The number of hydrogen-bond donors (Lipinski definition) is 2. The SMILES string of the molecule is Cc1cccc(C2(C(=O)NCc3nc(C(=O)O)cs3)CCCCC2)c1. The first kappa shape index (κ1) is 17.6. The molecule has 1 aliphatic carbocycles. The lowest BCUT2D eigenvalue weighted by molar-refractivity contribution is -0.128. The van der Waals surface area contributed by atoms with Gasteiger partial charge in [-0.3, -0.25) is 4.79 Å². The van der Waals surface area contributed by atoms with Crippen LogP contribution in [0.4, 0.5) is 0 Å². The van der Waals surface area contributed by atoms with Crippen molar-refractivity contribution in [3.63, 3.8) is 0 Å². The van der Waals surface area contributed by atoms with E-state index in [0.29, 0.717) is 5.01 Å². The third-order valence-corrected chi connectivity index (χ3v) is 5.73. The molecule has 1 fully saturated rings. The summed E-state index contributed by atoms with van der Waals surface area (Å²) >= 11 is 1.26. The number of carbonyl (C=O) groups is 2. The Morgan fingerprint density at radius 3 is 2.68 bits per heavy atom. The number of aromatic nitrogens is 1. The van der Waals surface area contributed by atoms with Gasteiger partial charge in [-0.05, 0) is 25.3 Å². The zero-order valence-electron chi connectivity index (χ0n) is 14.2. The molecule has 1 saturated carbocycles. The zero-order valence-corrected chi connectivity index (χ0v) is 15.1. The molecule has 132 valence electrons. The van der Waals surface area contributed by atoms with Gasteiger partial charge < -0.3 is 10.4 Å². The molecule has 2 aromatic rings. The van der Waals surface area contributed by atoms with E-state index in [-0.39, 0.29) is 18.1 Å². The van der Waals surface area contributed by atoms with Crippen LogP contribution in [0.1, 0.15) is 58.7 Å². The molecule has 1 amide bonds. The van der Waals surface area contributed by atoms with E-state index in [1.54, 1.807) is 0 Å². The number of carboxylic acid groups (broad SMARTS) is 1. The van der Waals surface area contributed by atoms with Crippen LogP contribution in [0.5, 0.6) is 0 Å². The summed E-state index contributed by atoms with van der Waals surface area (Å²) < 4.78 is 0. The van der Waals surface area contributed by atoms with Crippen molar-refractivity contribution in [3.8, 4) is 0 Å². The van der Waals surface area contributed by atoms with Crippen molar-refractivity contribution < 1.29 is 14.7 Å². The van der Waals surface area contributed by atoms with Gasteiger partial charge >= 0.3 is 5.97 Å². The topological polar surface area (TPSA) is 79.3 Å². The van der Waals surface area contributed by atoms with Crippen molar-refractivity contribution in [3.05, 3.63) is 51.5 Å². The highest BCUT2D eigenvalue weighted by Crippen LogP contribution is 2.40. The summed E-state index contributed by atoms with van der Waals surface area (Å²) in [6, 6.07) is 8.20. The van der Waals surface area contributed by atoms with Crippen LogP contribution >= 0.6 is 11.3 Å². The van der Waals surface area contributed by atoms with Crippen molar-refractivity contribution in [2.75, 3.05) is 0 Å². The van der Waals surface area contributed by atoms with Gasteiger partial charge in [0.05, 0.1) is 12.0 Å². The molecule has 0 bridgehead atoms. The maximum atomic E-state index is 13.1. The Bertz CT molecular complexity index is 778. The Balaban J connectivity index is 1.78. The van der Waals surface area contributed by atoms with Crippen LogP contribution in [0.2, 0.25) is 0 Å². The Morgan fingerprint density at radius 1 is 1.28 bits per heavy atom. The number of nitrogens with one attached hydrogen (secondary N) is 1. The van der Waals surface area contributed by atoms with Gasteiger partial charge in [0.25, 0.3) is 0 Å². The van der Waals surface area contributed by atoms with Crippen LogP contribution in [0.25, 0.3) is 0 Å². The molecule has 1 aliphatic rings. The fourth-order valence-corrected chi connectivity index (χ4v) is 4.27. The molecule has 3 rings (SSSR count). The molecule has 0 aliphatic heterocycles. The van der Waals surface area contributed by atoms with E-state index in [1.807, 2.05) is 25.1 Å². The summed E-state index contributed by atoms with van der Waals surface area (Å²) in [6.07, 6.45) is 4.94. The number of nitrogens with zero attached hydrogens (tertiary/aromatic N) is 1. The smallest absolute Gasteiger partial charge is 0.355 e. The zero-order chi connectivity index (χ0) is 17.9. The minimum atomic E-state index is -1.04. The molecule has 1 heterocycles. The monoisotopic (exact) mass is 358 g/mol. The lowest BCUT2D eigenvalue weighted by atomic mass is 9.68. The Kier molecular flexibility index (Phi) is 5.18. The van der Waals surface area contributed by atoms with Crippen molar-refractivity contribution in [2.45, 2.75) is 51.0 Å². The van der Waals surface area contributed by atoms with Crippen LogP contribution in [0.15, 0.2) is 29.6 Å². The van der Waals surface area contributed by atoms with E-state index in [2.05, 4.69) is 16.4 Å². The molecule has 0 spiro atoms. The molecule has 0 unspecified atom stereocenters. The summed E-state index contributed by atoms with van der Waals surface area (Å²) in [5.74, 6) is -1.03. The van der Waals surface area contributed by atoms with Crippen LogP contribution in [-0.2, 0) is 16.8 Å². The highest BCUT2D eigenvalue weighted by Gasteiger charge is 2.41. The predicted octanol–water partition coefficient (Wildman–Crippen LogP) is 3.67. The molecule has 0 atom stereocenters. The van der Waals surface area contributed by atoms with Gasteiger partial charge in [-0.1, -0.05) is 49.1 Å². The van der Waals surface area contributed by atoms with Crippen LogP contribution in [-0.4, -0.2) is 22.0 Å². The largest absolute Gasteiger partial charge is 0.476 e. The number of carboxylic acids is 1. The first-order valence-electron chi connectivity index (χ1n) is 8.54. The number of aromatic carboxylic acids is 1. The van der Waals surface area contributed by atoms with E-state index < -0.39 is 11.4 Å². The van der Waals surface area contributed by atoms with Crippen LogP contribution in [0.3, 0.4) is 0 Å². The third kappa shape index (κ3) is 3.74. The number of benzene rings is 1. The van der Waals surface area contributed by atoms with Gasteiger partial charge in [0.1, 0.15) is 5.01 Å². The molecule has 5 nitrogen and oxygen atoms in total. The standard InChI is InChI=1S/C19H22N2O3S/c1-13-6-5-7-14(10-13)19(8-3-2-4-9-19)18(24)20-11-16-21-15(12-25-16)17(22)23/h5-7,10,12H,2-4,8-9,11H2,1H3,(H,20,24)(H,22,23). The minimum Gasteiger partial charge on any atom is -0.476 e. The number of thiazole rings is 1. The lowest BCUT2D eigenvalue weighted by Gasteiger charge is -2.36. The van der Waals surface area contributed by atoms with Gasteiger partial charge in [-0.25, -0.2) is 9.78 Å². The number of aryl methyl sites for hydroxylation is 1. The second-order valence-electron chi connectivity index (χ2n) is 6.63. The van der Waals surface area contributed by atoms with Crippen molar-refractivity contribution >= 4 is 23.2 Å². The second-order valence-corrected chi connectivity index (χ2v) is 7.57. The first-order chi connectivity index (χ1) is 12.0. The summed E-state index contributed by atoms with van der Waals surface area (Å²) in [7, 11) is 0. The average molecular weight is 358 g/mol. The Labute approximate surface area is 151 Å². The quantitative estimate of drug-likeness (QED) is 0.855. The maximum Gasteiger partial charge on any atom is 0.355 e. The van der Waals surface area contributed by atoms with Gasteiger partial charge in [0.2, 0.25) is 5.91 Å². The Morgan fingerprint density at radius 2 is 2.04 bits per heavy atom. The highest BCUT2D eigenvalue weighted by atomic mass is 32.1. The summed E-state index contributed by atoms with van der Waals surface area (Å²) in [6.45, 7) is 2.31. The van der Waals surface area contributed by atoms with E-state index >= 15 is 0 Å². The fraction of sp³-hybridized carbons (Fsp3) is 0.421. The number of amides is 1. The fourth-order valence-electron chi connectivity index (χ4n) is 3.56. The van der Waals surface area contributed by atoms with Gasteiger partial charge in [0.15, 0.2) is 5.69 Å². The summed E-state index contributed by atoms with van der Waals surface area (Å²) in [5.41, 5.74) is 1.77. The van der Waals surface area contributed by atoms with Crippen molar-refractivity contribution in [2.24, 2.45) is 0 Å². The summed E-state index contributed by atoms with van der Waals surface area (Å²) in [4.78, 5) is 28.1. The van der Waals surface area contributed by atoms with E-state index in [9.17, 15) is 9.59 Å². The first-order valence-corrected chi connectivity index (χ1v) is 9.42. The molecule has 25 heavy (non-hydrogen) atoms. The molecular formula is C19H22N2O3S. The Hall–Kier alpha value is -2.21. The lowest BCUT2D eigenvalue weighted by Crippen LogP contribution is -2.45. The van der Waals surface area contributed by atoms with E-state index in [1.165, 1.54) is 16.7 Å². The van der Waals surface area contributed by atoms with Crippen molar-refractivity contribution in [1.29, 1.82) is 0 Å². The number of carbonyl (C=O) groups excluding carboxylic acids is 1. The molecule has 0 radical (unpaired) electrons. The van der Waals surface area contributed by atoms with E-state index in [4.69, 9.17) is 5.11 Å². The normalized spacial score (nSPS) is 16.4. The molecule has 0 saturated heterocycles. The van der Waals surface area contributed by atoms with Gasteiger partial charge in [-0.15, -0.1) is 11.3 Å². The molecular weight excluding hydrogens is 336 g/mol. The third-order valence-electron chi connectivity index (χ3n) is 4.88. The molecule has 1 aromatic heterocycles. The molecule has 1 aromatic carbocycles. The number of hydrogen-bond acceptors (Lipinski definition) is 4. The molecule has 6 heteroatoms. The average Bonchev–Trinajstić information content (AvgIpc) is 3.09. The predicted molar refractivity (Wildman–Crippen MR) is 96.9 cm³/mol. The number of rotatable bonds is 5.